The van der Waals surface area contributed by atoms with E-state index in [-0.39, 0.29) is 13.2 Å². The molecule has 1 aromatic carbocycles. The minimum absolute atomic E-state index is 0.122. The van der Waals surface area contributed by atoms with Gasteiger partial charge in [0.15, 0.2) is 0 Å². The van der Waals surface area contributed by atoms with Gasteiger partial charge in [0, 0.05) is 10.2 Å². The van der Waals surface area contributed by atoms with E-state index >= 15 is 0 Å². The van der Waals surface area contributed by atoms with Crippen LogP contribution in [0.25, 0.3) is 0 Å². The van der Waals surface area contributed by atoms with Crippen LogP contribution in [0.3, 0.4) is 0 Å². The highest BCUT2D eigenvalue weighted by Gasteiger charge is 2.35. The van der Waals surface area contributed by atoms with Gasteiger partial charge >= 0.3 is 12.0 Å². The number of aliphatic carboxylic acids is 1. The molecule has 2 rings (SSSR count). The van der Waals surface area contributed by atoms with Crippen LogP contribution in [0.2, 0.25) is 0 Å². The van der Waals surface area contributed by atoms with Crippen LogP contribution in [-0.4, -0.2) is 36.4 Å². The quantitative estimate of drug-likeness (QED) is 0.787. The zero-order valence-corrected chi connectivity index (χ0v) is 11.5. The molecule has 0 radical (unpaired) electrons. The van der Waals surface area contributed by atoms with Gasteiger partial charge in [-0.1, -0.05) is 22.0 Å². The molecule has 2 amide bonds. The maximum atomic E-state index is 11.8. The molecule has 0 spiro atoms. The maximum absolute atomic E-state index is 11.8. The number of rotatable bonds is 3. The lowest BCUT2D eigenvalue weighted by Gasteiger charge is -2.16. The van der Waals surface area contributed by atoms with Crippen molar-refractivity contribution in [1.29, 1.82) is 0 Å². The third-order valence-electron chi connectivity index (χ3n) is 2.80. The molecular weight excluding hydrogens is 316 g/mol. The van der Waals surface area contributed by atoms with E-state index in [1.165, 1.54) is 0 Å². The van der Waals surface area contributed by atoms with Crippen molar-refractivity contribution in [3.05, 3.63) is 28.7 Å². The molecule has 1 saturated heterocycles. The molecule has 6 nitrogen and oxygen atoms in total. The number of amides is 2. The first-order valence-electron chi connectivity index (χ1n) is 5.70. The molecule has 2 atom stereocenters. The number of nitrogens with one attached hydrogen (secondary N) is 2. The topological polar surface area (TPSA) is 87.7 Å². The summed E-state index contributed by atoms with van der Waals surface area (Å²) in [7, 11) is 0. The summed E-state index contributed by atoms with van der Waals surface area (Å²) in [6, 6.07) is 6.17. The second-order valence-electron chi connectivity index (χ2n) is 4.20. The van der Waals surface area contributed by atoms with Crippen LogP contribution in [0.15, 0.2) is 28.7 Å². The van der Waals surface area contributed by atoms with E-state index in [1.807, 2.05) is 6.07 Å². The number of hydrogen-bond donors (Lipinski definition) is 3. The lowest BCUT2D eigenvalue weighted by Crippen LogP contribution is -2.44. The average Bonchev–Trinajstić information content (AvgIpc) is 2.76. The van der Waals surface area contributed by atoms with Crippen LogP contribution >= 0.6 is 15.9 Å². The molecular formula is C12H13BrN2O4. The molecule has 7 heteroatoms. The van der Waals surface area contributed by atoms with Gasteiger partial charge in [-0.25, -0.2) is 4.79 Å². The normalized spacial score (nSPS) is 21.9. The molecule has 0 aliphatic carbocycles. The summed E-state index contributed by atoms with van der Waals surface area (Å²) < 4.78 is 5.92. The van der Waals surface area contributed by atoms with Gasteiger partial charge in [-0.05, 0) is 18.2 Å². The van der Waals surface area contributed by atoms with E-state index < -0.39 is 24.0 Å². The molecule has 102 valence electrons. The Hall–Kier alpha value is -1.60. The highest BCUT2D eigenvalue weighted by Crippen LogP contribution is 2.17. The zero-order valence-electron chi connectivity index (χ0n) is 9.93. The van der Waals surface area contributed by atoms with Crippen molar-refractivity contribution in [1.82, 2.24) is 5.32 Å². The molecule has 1 aromatic rings. The number of carboxylic acid groups (broad SMARTS) is 1. The van der Waals surface area contributed by atoms with Crippen molar-refractivity contribution < 1.29 is 19.4 Å². The Labute approximate surface area is 118 Å². The SMILES string of the molecule is O=C(Nc1cccc(Br)c1)NC1COCC1C(=O)O. The molecule has 3 N–H and O–H groups in total. The van der Waals surface area contributed by atoms with E-state index in [0.717, 1.165) is 4.47 Å². The maximum Gasteiger partial charge on any atom is 0.319 e. The fourth-order valence-corrected chi connectivity index (χ4v) is 2.24. The predicted molar refractivity (Wildman–Crippen MR) is 72.0 cm³/mol. The number of ether oxygens (including phenoxy) is 1. The lowest BCUT2D eigenvalue weighted by atomic mass is 10.0. The Morgan fingerprint density at radius 1 is 1.37 bits per heavy atom. The predicted octanol–water partition coefficient (Wildman–Crippen LogP) is 1.67. The number of halogens is 1. The van der Waals surface area contributed by atoms with Crippen LogP contribution in [0.1, 0.15) is 0 Å². The third-order valence-corrected chi connectivity index (χ3v) is 3.29. The van der Waals surface area contributed by atoms with Crippen molar-refractivity contribution in [2.24, 2.45) is 5.92 Å². The number of carbonyl (C=O) groups excluding carboxylic acids is 1. The molecule has 0 aromatic heterocycles. The highest BCUT2D eigenvalue weighted by atomic mass is 79.9. The summed E-state index contributed by atoms with van der Waals surface area (Å²) in [5.41, 5.74) is 0.623. The van der Waals surface area contributed by atoms with Crippen LogP contribution in [-0.2, 0) is 9.53 Å². The molecule has 2 unspecified atom stereocenters. The first kappa shape index (κ1) is 13.8. The first-order chi connectivity index (χ1) is 9.06. The van der Waals surface area contributed by atoms with Gasteiger partial charge < -0.3 is 20.5 Å². The fourth-order valence-electron chi connectivity index (χ4n) is 1.84. The van der Waals surface area contributed by atoms with Crippen LogP contribution in [0.4, 0.5) is 10.5 Å². The summed E-state index contributed by atoms with van der Waals surface area (Å²) in [4.78, 5) is 22.7. The van der Waals surface area contributed by atoms with Gasteiger partial charge in [-0.2, -0.15) is 0 Å². The number of carbonyl (C=O) groups is 2. The monoisotopic (exact) mass is 328 g/mol. The second-order valence-corrected chi connectivity index (χ2v) is 5.11. The summed E-state index contributed by atoms with van der Waals surface area (Å²) in [5, 5.41) is 14.2. The van der Waals surface area contributed by atoms with E-state index in [0.29, 0.717) is 5.69 Å². The summed E-state index contributed by atoms with van der Waals surface area (Å²) in [5.74, 6) is -1.67. The standard InChI is InChI=1S/C12H13BrN2O4/c13-7-2-1-3-8(4-7)14-12(18)15-10-6-19-5-9(10)11(16)17/h1-4,9-10H,5-6H2,(H,16,17)(H2,14,15,18). The summed E-state index contributed by atoms with van der Waals surface area (Å²) in [6.45, 7) is 0.333. The van der Waals surface area contributed by atoms with Crippen molar-refractivity contribution in [2.75, 3.05) is 18.5 Å². The Bertz CT molecular complexity index is 494. The van der Waals surface area contributed by atoms with E-state index in [1.54, 1.807) is 18.2 Å². The van der Waals surface area contributed by atoms with Crippen LogP contribution in [0, 0.1) is 5.92 Å². The number of anilines is 1. The number of hydrogen-bond acceptors (Lipinski definition) is 3. The molecule has 19 heavy (non-hydrogen) atoms. The lowest BCUT2D eigenvalue weighted by molar-refractivity contribution is -0.142. The Morgan fingerprint density at radius 3 is 2.84 bits per heavy atom. The van der Waals surface area contributed by atoms with Gasteiger partial charge in [0.1, 0.15) is 5.92 Å². The molecule has 1 heterocycles. The number of benzene rings is 1. The summed E-state index contributed by atoms with van der Waals surface area (Å²) in [6.07, 6.45) is 0. The highest BCUT2D eigenvalue weighted by molar-refractivity contribution is 9.10. The van der Waals surface area contributed by atoms with Crippen molar-refractivity contribution in [3.63, 3.8) is 0 Å². The number of carboxylic acids is 1. The Morgan fingerprint density at radius 2 is 2.16 bits per heavy atom. The molecule has 0 bridgehead atoms. The minimum Gasteiger partial charge on any atom is -0.481 e. The third kappa shape index (κ3) is 3.68. The van der Waals surface area contributed by atoms with Crippen molar-refractivity contribution in [3.8, 4) is 0 Å². The minimum atomic E-state index is -0.967. The van der Waals surface area contributed by atoms with Gasteiger partial charge in [-0.3, -0.25) is 4.79 Å². The fraction of sp³-hybridized carbons (Fsp3) is 0.333. The molecule has 1 aliphatic heterocycles. The summed E-state index contributed by atoms with van der Waals surface area (Å²) >= 11 is 3.30. The smallest absolute Gasteiger partial charge is 0.319 e. The second kappa shape index (κ2) is 6.03. The molecule has 1 aliphatic rings. The first-order valence-corrected chi connectivity index (χ1v) is 6.49. The zero-order chi connectivity index (χ0) is 13.8. The van der Waals surface area contributed by atoms with Crippen LogP contribution < -0.4 is 10.6 Å². The van der Waals surface area contributed by atoms with Crippen molar-refractivity contribution >= 4 is 33.6 Å². The Kier molecular flexibility index (Phi) is 4.39. The average molecular weight is 329 g/mol. The largest absolute Gasteiger partial charge is 0.481 e. The van der Waals surface area contributed by atoms with E-state index in [9.17, 15) is 9.59 Å². The van der Waals surface area contributed by atoms with Gasteiger partial charge in [0.05, 0.1) is 19.3 Å². The van der Waals surface area contributed by atoms with Crippen LogP contribution in [0.5, 0.6) is 0 Å². The molecule has 0 saturated carbocycles. The Balaban J connectivity index is 1.92. The van der Waals surface area contributed by atoms with Gasteiger partial charge in [0.2, 0.25) is 0 Å². The van der Waals surface area contributed by atoms with E-state index in [4.69, 9.17) is 9.84 Å². The van der Waals surface area contributed by atoms with Gasteiger partial charge in [-0.15, -0.1) is 0 Å². The van der Waals surface area contributed by atoms with Gasteiger partial charge in [0.25, 0.3) is 0 Å². The molecule has 1 fully saturated rings. The number of urea groups is 1. The van der Waals surface area contributed by atoms with Crippen molar-refractivity contribution in [2.45, 2.75) is 6.04 Å². The van der Waals surface area contributed by atoms with E-state index in [2.05, 4.69) is 26.6 Å².